The molecule has 3 rings (SSSR count). The molecule has 0 saturated heterocycles. The molecule has 0 bridgehead atoms. The lowest BCUT2D eigenvalue weighted by Crippen LogP contribution is -2.32. The summed E-state index contributed by atoms with van der Waals surface area (Å²) in [5.41, 5.74) is 2.82. The lowest BCUT2D eigenvalue weighted by Gasteiger charge is -2.17. The summed E-state index contributed by atoms with van der Waals surface area (Å²) in [4.78, 5) is 15.8. The number of aromatic nitrogens is 1. The first kappa shape index (κ1) is 17.9. The second kappa shape index (κ2) is 8.48. The van der Waals surface area contributed by atoms with Gasteiger partial charge in [-0.3, -0.25) is 9.47 Å². The second-order valence-corrected chi connectivity index (χ2v) is 7.73. The molecular formula is C20H27N3OS. The molecule has 0 atom stereocenters. The topological polar surface area (TPSA) is 51.3 Å². The van der Waals surface area contributed by atoms with Gasteiger partial charge in [0.25, 0.3) is 5.91 Å². The van der Waals surface area contributed by atoms with Crippen molar-refractivity contribution in [3.05, 3.63) is 47.8 Å². The largest absolute Gasteiger partial charge is 0.339 e. The molecule has 0 unspecified atom stereocenters. The molecule has 0 saturated carbocycles. The van der Waals surface area contributed by atoms with E-state index in [1.165, 1.54) is 53.0 Å². The molecule has 1 aromatic carbocycles. The molecule has 1 aromatic heterocycles. The Balaban J connectivity index is 1.59. The fourth-order valence-electron chi connectivity index (χ4n) is 3.29. The summed E-state index contributed by atoms with van der Waals surface area (Å²) in [5.74, 6) is 6.96. The van der Waals surface area contributed by atoms with Crippen LogP contribution < -0.4 is 10.7 Å². The molecule has 2 aromatic rings. The van der Waals surface area contributed by atoms with Gasteiger partial charge >= 0.3 is 0 Å². The van der Waals surface area contributed by atoms with Crippen molar-refractivity contribution in [3.8, 4) is 0 Å². The van der Waals surface area contributed by atoms with E-state index in [0.29, 0.717) is 5.69 Å². The Morgan fingerprint density at radius 1 is 1.20 bits per heavy atom. The van der Waals surface area contributed by atoms with Crippen LogP contribution in [0.25, 0.3) is 0 Å². The number of carbonyl (C=O) groups excluding carboxylic acids is 1. The van der Waals surface area contributed by atoms with E-state index in [-0.39, 0.29) is 5.91 Å². The predicted octanol–water partition coefficient (Wildman–Crippen LogP) is 4.47. The van der Waals surface area contributed by atoms with Gasteiger partial charge in [0, 0.05) is 23.3 Å². The highest BCUT2D eigenvalue weighted by molar-refractivity contribution is 7.99. The first-order chi connectivity index (χ1) is 12.2. The Labute approximate surface area is 154 Å². The molecule has 2 heterocycles. The normalized spacial score (nSPS) is 13.2. The zero-order valence-corrected chi connectivity index (χ0v) is 15.7. The van der Waals surface area contributed by atoms with Crippen molar-refractivity contribution < 1.29 is 4.79 Å². The van der Waals surface area contributed by atoms with Gasteiger partial charge in [-0.2, -0.15) is 0 Å². The third kappa shape index (κ3) is 4.21. The average molecular weight is 358 g/mol. The maximum absolute atomic E-state index is 12.7. The molecule has 0 radical (unpaired) electrons. The molecule has 0 aliphatic carbocycles. The zero-order valence-electron chi connectivity index (χ0n) is 14.9. The minimum Gasteiger partial charge on any atom is -0.339 e. The Morgan fingerprint density at radius 3 is 2.80 bits per heavy atom. The van der Waals surface area contributed by atoms with E-state index in [9.17, 15) is 4.79 Å². The number of anilines is 1. The molecule has 1 aliphatic rings. The second-order valence-electron chi connectivity index (χ2n) is 6.56. The summed E-state index contributed by atoms with van der Waals surface area (Å²) in [6.45, 7) is 2.97. The number of fused-ring (bicyclic) bond motifs is 1. The number of unbranched alkanes of at least 4 members (excludes halogenated alkanes) is 4. The fraction of sp³-hybridized carbons (Fsp3) is 0.450. The van der Waals surface area contributed by atoms with Crippen LogP contribution in [0.15, 0.2) is 41.4 Å². The maximum Gasteiger partial charge on any atom is 0.276 e. The highest BCUT2D eigenvalue weighted by Crippen LogP contribution is 2.33. The number of carbonyl (C=O) groups is 1. The Kier molecular flexibility index (Phi) is 6.08. The monoisotopic (exact) mass is 357 g/mol. The van der Waals surface area contributed by atoms with Gasteiger partial charge in [-0.15, -0.1) is 11.8 Å². The number of hydrogen-bond donors (Lipinski definition) is 1. The van der Waals surface area contributed by atoms with Gasteiger partial charge in [-0.05, 0) is 54.5 Å². The molecule has 5 heteroatoms. The molecule has 0 spiro atoms. The van der Waals surface area contributed by atoms with Crippen molar-refractivity contribution in [1.29, 1.82) is 0 Å². The Bertz CT molecular complexity index is 725. The van der Waals surface area contributed by atoms with E-state index in [0.717, 1.165) is 18.7 Å². The van der Waals surface area contributed by atoms with Crippen LogP contribution in [0.2, 0.25) is 0 Å². The summed E-state index contributed by atoms with van der Waals surface area (Å²) >= 11 is 1.93. The van der Waals surface area contributed by atoms with Gasteiger partial charge in [0.05, 0.1) is 0 Å². The van der Waals surface area contributed by atoms with Crippen LogP contribution in [0.4, 0.5) is 5.69 Å². The number of amides is 1. The van der Waals surface area contributed by atoms with E-state index in [4.69, 9.17) is 5.84 Å². The highest BCUT2D eigenvalue weighted by Gasteiger charge is 2.27. The van der Waals surface area contributed by atoms with Crippen LogP contribution >= 0.6 is 11.8 Å². The molecular weight excluding hydrogens is 330 g/mol. The van der Waals surface area contributed by atoms with Gasteiger partial charge in [0.2, 0.25) is 0 Å². The molecule has 4 nitrogen and oxygen atoms in total. The van der Waals surface area contributed by atoms with Crippen LogP contribution in [0.3, 0.4) is 0 Å². The van der Waals surface area contributed by atoms with Crippen molar-refractivity contribution in [2.24, 2.45) is 0 Å². The zero-order chi connectivity index (χ0) is 17.6. The number of thioether (sulfide) groups is 1. The van der Waals surface area contributed by atoms with Crippen LogP contribution in [-0.2, 0) is 6.42 Å². The smallest absolute Gasteiger partial charge is 0.276 e. The highest BCUT2D eigenvalue weighted by atomic mass is 32.2. The van der Waals surface area contributed by atoms with E-state index < -0.39 is 0 Å². The third-order valence-electron chi connectivity index (χ3n) is 4.71. The quantitative estimate of drug-likeness (QED) is 0.431. The molecule has 2 N–H and O–H groups in total. The van der Waals surface area contributed by atoms with Crippen molar-refractivity contribution in [3.63, 3.8) is 0 Å². The van der Waals surface area contributed by atoms with Gasteiger partial charge in [-0.1, -0.05) is 32.6 Å². The summed E-state index contributed by atoms with van der Waals surface area (Å²) in [6.07, 6.45) is 9.21. The minimum atomic E-state index is -0.0254. The van der Waals surface area contributed by atoms with Gasteiger partial charge in [-0.25, -0.2) is 0 Å². The first-order valence-corrected chi connectivity index (χ1v) is 10.2. The molecule has 0 fully saturated rings. The van der Waals surface area contributed by atoms with Crippen LogP contribution in [0, 0.1) is 0 Å². The lowest BCUT2D eigenvalue weighted by molar-refractivity contribution is 0.0982. The minimum absolute atomic E-state index is 0.0254. The number of benzene rings is 1. The van der Waals surface area contributed by atoms with E-state index in [2.05, 4.69) is 25.1 Å². The molecule has 25 heavy (non-hydrogen) atoms. The number of nitrogen functional groups attached to an aromatic ring is 1. The summed E-state index contributed by atoms with van der Waals surface area (Å²) in [5, 5.41) is 0. The number of hydrogen-bond acceptors (Lipinski definition) is 3. The van der Waals surface area contributed by atoms with Crippen molar-refractivity contribution >= 4 is 23.4 Å². The molecule has 1 amide bonds. The van der Waals surface area contributed by atoms with Crippen molar-refractivity contribution in [2.75, 3.05) is 23.0 Å². The number of nitrogens with zero attached hydrogens (tertiary/aromatic N) is 2. The molecule has 1 aliphatic heterocycles. The third-order valence-corrected chi connectivity index (χ3v) is 5.79. The Morgan fingerprint density at radius 2 is 2.04 bits per heavy atom. The standard InChI is InChI=1S/C20H27N3OS/c1-2-3-4-5-6-14-25-17-9-10-18-16(15-17)11-13-22(18)20(24)19-8-7-12-23(19)21/h7-10,12,15H,2-6,11,13-14,21H2,1H3. The lowest BCUT2D eigenvalue weighted by atomic mass is 10.2. The Hall–Kier alpha value is -1.88. The van der Waals surface area contributed by atoms with Crippen molar-refractivity contribution in [2.45, 2.75) is 50.3 Å². The van der Waals surface area contributed by atoms with Crippen molar-refractivity contribution in [1.82, 2.24) is 4.68 Å². The summed E-state index contributed by atoms with van der Waals surface area (Å²) in [6, 6.07) is 10.0. The van der Waals surface area contributed by atoms with E-state index in [1.807, 2.05) is 16.7 Å². The maximum atomic E-state index is 12.7. The number of rotatable bonds is 8. The summed E-state index contributed by atoms with van der Waals surface area (Å²) < 4.78 is 1.39. The van der Waals surface area contributed by atoms with Gasteiger partial charge < -0.3 is 10.7 Å². The molecule has 134 valence electrons. The summed E-state index contributed by atoms with van der Waals surface area (Å²) in [7, 11) is 0. The van der Waals surface area contributed by atoms with E-state index in [1.54, 1.807) is 18.3 Å². The van der Waals surface area contributed by atoms with E-state index >= 15 is 0 Å². The fourth-order valence-corrected chi connectivity index (χ4v) is 4.26. The van der Waals surface area contributed by atoms with Gasteiger partial charge in [0.1, 0.15) is 5.69 Å². The number of nitrogens with two attached hydrogens (primary N) is 1. The van der Waals surface area contributed by atoms with Crippen LogP contribution in [0.1, 0.15) is 55.1 Å². The first-order valence-electron chi connectivity index (χ1n) is 9.20. The van der Waals surface area contributed by atoms with Gasteiger partial charge in [0.15, 0.2) is 0 Å². The predicted molar refractivity (Wildman–Crippen MR) is 106 cm³/mol. The van der Waals surface area contributed by atoms with Crippen LogP contribution in [0.5, 0.6) is 0 Å². The van der Waals surface area contributed by atoms with Crippen LogP contribution in [-0.4, -0.2) is 22.9 Å². The SMILES string of the molecule is CCCCCCCSc1ccc2c(c1)CCN2C(=O)c1cccn1N. The average Bonchev–Trinajstić information content (AvgIpc) is 3.23.